The standard InChI is InChI=1S/C14H15F3O/c1-10(18)9-12(11-5-3-2-4-6-11)13(7-8-13)14(15,16)17/h2-6,12H,7-9H2,1H3/t12-/m0/s1. The number of hydrogen-bond donors (Lipinski definition) is 0. The van der Waals surface area contributed by atoms with Gasteiger partial charge in [0.2, 0.25) is 0 Å². The molecule has 1 fully saturated rings. The Morgan fingerprint density at radius 3 is 2.22 bits per heavy atom. The van der Waals surface area contributed by atoms with Crippen LogP contribution in [0.15, 0.2) is 30.3 Å². The molecule has 0 N–H and O–H groups in total. The predicted molar refractivity (Wildman–Crippen MR) is 62.2 cm³/mol. The van der Waals surface area contributed by atoms with E-state index in [9.17, 15) is 18.0 Å². The molecule has 1 atom stereocenters. The highest BCUT2D eigenvalue weighted by molar-refractivity contribution is 5.76. The Morgan fingerprint density at radius 1 is 1.28 bits per heavy atom. The van der Waals surface area contributed by atoms with E-state index in [4.69, 9.17) is 0 Å². The summed E-state index contributed by atoms with van der Waals surface area (Å²) in [5, 5.41) is 0. The summed E-state index contributed by atoms with van der Waals surface area (Å²) in [6.45, 7) is 1.35. The van der Waals surface area contributed by atoms with Crippen molar-refractivity contribution in [2.75, 3.05) is 0 Å². The molecule has 1 saturated carbocycles. The fourth-order valence-corrected chi connectivity index (χ4v) is 2.57. The maximum Gasteiger partial charge on any atom is 0.395 e. The van der Waals surface area contributed by atoms with Crippen LogP contribution in [-0.4, -0.2) is 12.0 Å². The van der Waals surface area contributed by atoms with Gasteiger partial charge >= 0.3 is 6.18 Å². The molecule has 18 heavy (non-hydrogen) atoms. The summed E-state index contributed by atoms with van der Waals surface area (Å²) >= 11 is 0. The molecule has 1 aliphatic rings. The van der Waals surface area contributed by atoms with Gasteiger partial charge in [-0.1, -0.05) is 30.3 Å². The van der Waals surface area contributed by atoms with Crippen LogP contribution in [0.2, 0.25) is 0 Å². The van der Waals surface area contributed by atoms with Crippen LogP contribution in [0.5, 0.6) is 0 Å². The van der Waals surface area contributed by atoms with Crippen molar-refractivity contribution in [1.29, 1.82) is 0 Å². The Kier molecular flexibility index (Phi) is 3.21. The van der Waals surface area contributed by atoms with E-state index in [1.807, 2.05) is 0 Å². The minimum atomic E-state index is -4.23. The Morgan fingerprint density at radius 2 is 1.83 bits per heavy atom. The van der Waals surface area contributed by atoms with Crippen LogP contribution in [0.1, 0.15) is 37.7 Å². The third-order valence-electron chi connectivity index (χ3n) is 3.71. The molecule has 1 aromatic rings. The fourth-order valence-electron chi connectivity index (χ4n) is 2.57. The number of hydrogen-bond acceptors (Lipinski definition) is 1. The quantitative estimate of drug-likeness (QED) is 0.793. The van der Waals surface area contributed by atoms with Crippen LogP contribution >= 0.6 is 0 Å². The van der Waals surface area contributed by atoms with Crippen LogP contribution in [-0.2, 0) is 4.79 Å². The Labute approximate surface area is 104 Å². The highest BCUT2D eigenvalue weighted by atomic mass is 19.4. The monoisotopic (exact) mass is 256 g/mol. The summed E-state index contributed by atoms with van der Waals surface area (Å²) in [6.07, 6.45) is -4.01. The van der Waals surface area contributed by atoms with E-state index in [1.165, 1.54) is 6.92 Å². The van der Waals surface area contributed by atoms with Crippen molar-refractivity contribution >= 4 is 5.78 Å². The lowest BCUT2D eigenvalue weighted by atomic mass is 9.79. The summed E-state index contributed by atoms with van der Waals surface area (Å²) in [5.74, 6) is -0.935. The van der Waals surface area contributed by atoms with Crippen molar-refractivity contribution in [2.45, 2.75) is 38.3 Å². The normalized spacial score (nSPS) is 19.3. The summed E-state index contributed by atoms with van der Waals surface area (Å²) in [4.78, 5) is 11.3. The molecule has 1 aromatic carbocycles. The van der Waals surface area contributed by atoms with Crippen LogP contribution in [0, 0.1) is 5.41 Å². The highest BCUT2D eigenvalue weighted by Crippen LogP contribution is 2.66. The van der Waals surface area contributed by atoms with Crippen molar-refractivity contribution in [3.63, 3.8) is 0 Å². The third kappa shape index (κ3) is 2.28. The molecule has 98 valence electrons. The van der Waals surface area contributed by atoms with E-state index in [2.05, 4.69) is 0 Å². The fraction of sp³-hybridized carbons (Fsp3) is 0.500. The first kappa shape index (κ1) is 13.1. The maximum atomic E-state index is 13.2. The van der Waals surface area contributed by atoms with E-state index in [1.54, 1.807) is 30.3 Å². The van der Waals surface area contributed by atoms with Crippen molar-refractivity contribution in [3.05, 3.63) is 35.9 Å². The van der Waals surface area contributed by atoms with E-state index in [0.29, 0.717) is 5.56 Å². The number of alkyl halides is 3. The number of benzene rings is 1. The lowest BCUT2D eigenvalue weighted by Crippen LogP contribution is -2.32. The van der Waals surface area contributed by atoms with Crippen molar-refractivity contribution in [3.8, 4) is 0 Å². The first-order valence-electron chi connectivity index (χ1n) is 5.98. The van der Waals surface area contributed by atoms with E-state index >= 15 is 0 Å². The molecule has 1 aliphatic carbocycles. The molecule has 1 nitrogen and oxygen atoms in total. The number of carbonyl (C=O) groups excluding carboxylic acids is 1. The zero-order valence-corrected chi connectivity index (χ0v) is 10.1. The van der Waals surface area contributed by atoms with E-state index in [0.717, 1.165) is 0 Å². The van der Waals surface area contributed by atoms with Gasteiger partial charge in [-0.2, -0.15) is 13.2 Å². The van der Waals surface area contributed by atoms with Crippen molar-refractivity contribution in [1.82, 2.24) is 0 Å². The molecule has 0 aromatic heterocycles. The highest BCUT2D eigenvalue weighted by Gasteiger charge is 2.67. The van der Waals surface area contributed by atoms with Gasteiger partial charge in [-0.05, 0) is 25.3 Å². The molecule has 0 saturated heterocycles. The van der Waals surface area contributed by atoms with Gasteiger partial charge in [-0.25, -0.2) is 0 Å². The maximum absolute atomic E-state index is 13.2. The Balaban J connectivity index is 2.36. The van der Waals surface area contributed by atoms with Gasteiger partial charge in [0, 0.05) is 12.3 Å². The molecule has 0 amide bonds. The topological polar surface area (TPSA) is 17.1 Å². The molecule has 0 unspecified atom stereocenters. The number of ketones is 1. The molecule has 0 bridgehead atoms. The predicted octanol–water partition coefficient (Wildman–Crippen LogP) is 4.09. The average Bonchev–Trinajstić information content (AvgIpc) is 3.07. The van der Waals surface area contributed by atoms with Crippen molar-refractivity contribution in [2.24, 2.45) is 5.41 Å². The lowest BCUT2D eigenvalue weighted by molar-refractivity contribution is -0.194. The first-order valence-corrected chi connectivity index (χ1v) is 5.98. The summed E-state index contributed by atoms with van der Waals surface area (Å²) in [6, 6.07) is 8.56. The minimum absolute atomic E-state index is 0.0382. The smallest absolute Gasteiger partial charge is 0.300 e. The zero-order valence-electron chi connectivity index (χ0n) is 10.1. The van der Waals surface area contributed by atoms with E-state index in [-0.39, 0.29) is 25.0 Å². The van der Waals surface area contributed by atoms with E-state index < -0.39 is 17.5 Å². The Hall–Kier alpha value is -1.32. The second-order valence-electron chi connectivity index (χ2n) is 5.02. The van der Waals surface area contributed by atoms with Gasteiger partial charge < -0.3 is 4.79 Å². The average molecular weight is 256 g/mol. The molecular formula is C14H15F3O. The second-order valence-corrected chi connectivity index (χ2v) is 5.02. The third-order valence-corrected chi connectivity index (χ3v) is 3.71. The summed E-state index contributed by atoms with van der Waals surface area (Å²) in [5.41, 5.74) is -1.07. The second kappa shape index (κ2) is 4.41. The van der Waals surface area contributed by atoms with Crippen LogP contribution < -0.4 is 0 Å². The van der Waals surface area contributed by atoms with Gasteiger partial charge in [0.1, 0.15) is 5.78 Å². The van der Waals surface area contributed by atoms with Gasteiger partial charge in [0.05, 0.1) is 5.41 Å². The van der Waals surface area contributed by atoms with Gasteiger partial charge in [-0.3, -0.25) is 0 Å². The number of halogens is 3. The molecule has 0 spiro atoms. The molecule has 0 aliphatic heterocycles. The summed E-state index contributed by atoms with van der Waals surface area (Å²) in [7, 11) is 0. The SMILES string of the molecule is CC(=O)C[C@@H](c1ccccc1)C1(C(F)(F)F)CC1. The molecule has 0 radical (unpaired) electrons. The summed E-state index contributed by atoms with van der Waals surface area (Å²) < 4.78 is 39.5. The molecule has 4 heteroatoms. The zero-order chi connectivity index (χ0) is 13.4. The number of carbonyl (C=O) groups is 1. The van der Waals surface area contributed by atoms with Crippen molar-refractivity contribution < 1.29 is 18.0 Å². The Bertz CT molecular complexity index is 432. The first-order chi connectivity index (χ1) is 8.37. The minimum Gasteiger partial charge on any atom is -0.300 e. The number of Topliss-reactive ketones (excluding diaryl/α,β-unsaturated/α-hetero) is 1. The molecular weight excluding hydrogens is 241 g/mol. The van der Waals surface area contributed by atoms with Gasteiger partial charge in [0.25, 0.3) is 0 Å². The largest absolute Gasteiger partial charge is 0.395 e. The van der Waals surface area contributed by atoms with Crippen LogP contribution in [0.25, 0.3) is 0 Å². The van der Waals surface area contributed by atoms with Gasteiger partial charge in [-0.15, -0.1) is 0 Å². The lowest BCUT2D eigenvalue weighted by Gasteiger charge is -2.29. The van der Waals surface area contributed by atoms with Gasteiger partial charge in [0.15, 0.2) is 0 Å². The molecule has 0 heterocycles. The number of rotatable bonds is 4. The van der Waals surface area contributed by atoms with Crippen LogP contribution in [0.4, 0.5) is 13.2 Å². The van der Waals surface area contributed by atoms with Crippen LogP contribution in [0.3, 0.4) is 0 Å². The molecule has 2 rings (SSSR count).